The third kappa shape index (κ3) is 2.54. The number of fused-ring (bicyclic) bond motifs is 1. The zero-order chi connectivity index (χ0) is 13.1. The molecule has 96 valence electrons. The third-order valence-corrected chi connectivity index (χ3v) is 2.89. The summed E-state index contributed by atoms with van der Waals surface area (Å²) in [6, 6.07) is 8.18. The van der Waals surface area contributed by atoms with E-state index in [1.165, 1.54) is 0 Å². The summed E-state index contributed by atoms with van der Waals surface area (Å²) in [6.07, 6.45) is 1.93. The van der Waals surface area contributed by atoms with Gasteiger partial charge in [0.1, 0.15) is 6.54 Å². The van der Waals surface area contributed by atoms with Gasteiger partial charge in [0.2, 0.25) is 5.91 Å². The fourth-order valence-electron chi connectivity index (χ4n) is 2.13. The number of nitrogens with one attached hydrogen (secondary N) is 1. The first-order valence-corrected chi connectivity index (χ1v) is 6.18. The summed E-state index contributed by atoms with van der Waals surface area (Å²) in [4.78, 5) is 11.8. The maximum absolute atomic E-state index is 11.8. The molecule has 2 rings (SSSR count). The van der Waals surface area contributed by atoms with Crippen LogP contribution in [0.3, 0.4) is 0 Å². The number of nitrogens with zero attached hydrogens (tertiary/aromatic N) is 1. The smallest absolute Gasteiger partial charge is 0.240 e. The highest BCUT2D eigenvalue weighted by atomic mass is 16.2. The molecule has 1 heterocycles. The molecule has 1 aromatic heterocycles. The minimum atomic E-state index is 0.0284. The lowest BCUT2D eigenvalue weighted by atomic mass is 10.1. The van der Waals surface area contributed by atoms with Gasteiger partial charge >= 0.3 is 0 Å². The Balaban J connectivity index is 2.27. The van der Waals surface area contributed by atoms with E-state index in [2.05, 4.69) is 5.32 Å². The molecule has 2 aromatic rings. The van der Waals surface area contributed by atoms with Gasteiger partial charge in [0.25, 0.3) is 0 Å². The maximum Gasteiger partial charge on any atom is 0.240 e. The van der Waals surface area contributed by atoms with Crippen LogP contribution in [0.25, 0.3) is 10.9 Å². The quantitative estimate of drug-likeness (QED) is 0.860. The van der Waals surface area contributed by atoms with E-state index in [0.717, 1.165) is 16.5 Å². The number of amides is 1. The molecule has 0 saturated heterocycles. The van der Waals surface area contributed by atoms with E-state index in [0.29, 0.717) is 13.1 Å². The Labute approximate surface area is 107 Å². The molecule has 0 unspecified atom stereocenters. The van der Waals surface area contributed by atoms with Gasteiger partial charge in [0.15, 0.2) is 0 Å². The molecule has 0 saturated carbocycles. The first kappa shape index (κ1) is 12.6. The van der Waals surface area contributed by atoms with Crippen LogP contribution in [-0.4, -0.2) is 16.5 Å². The molecular formula is C14H19N3O. The summed E-state index contributed by atoms with van der Waals surface area (Å²) >= 11 is 0. The average molecular weight is 245 g/mol. The Bertz CT molecular complexity index is 557. The molecule has 1 aromatic carbocycles. The van der Waals surface area contributed by atoms with E-state index in [-0.39, 0.29) is 11.9 Å². The predicted octanol–water partition coefficient (Wildman–Crippen LogP) is 1.62. The zero-order valence-corrected chi connectivity index (χ0v) is 10.8. The highest BCUT2D eigenvalue weighted by Gasteiger charge is 2.08. The van der Waals surface area contributed by atoms with Crippen molar-refractivity contribution in [1.82, 2.24) is 9.88 Å². The Morgan fingerprint density at radius 2 is 2.17 bits per heavy atom. The van der Waals surface area contributed by atoms with E-state index in [4.69, 9.17) is 5.73 Å². The normalized spacial score (nSPS) is 11.1. The fourth-order valence-corrected chi connectivity index (χ4v) is 2.13. The van der Waals surface area contributed by atoms with Gasteiger partial charge in [-0.2, -0.15) is 0 Å². The Morgan fingerprint density at radius 3 is 2.83 bits per heavy atom. The van der Waals surface area contributed by atoms with Crippen molar-refractivity contribution >= 4 is 16.8 Å². The Kier molecular flexibility index (Phi) is 3.67. The van der Waals surface area contributed by atoms with Crippen molar-refractivity contribution in [1.29, 1.82) is 0 Å². The summed E-state index contributed by atoms with van der Waals surface area (Å²) in [6.45, 7) is 4.77. The number of carbonyl (C=O) groups excluding carboxylic acids is 1. The first-order chi connectivity index (χ1) is 8.61. The van der Waals surface area contributed by atoms with Crippen molar-refractivity contribution < 1.29 is 4.79 Å². The largest absolute Gasteiger partial charge is 0.352 e. The van der Waals surface area contributed by atoms with Crippen LogP contribution in [0.2, 0.25) is 0 Å². The minimum Gasteiger partial charge on any atom is -0.352 e. The molecule has 1 amide bonds. The second-order valence-electron chi connectivity index (χ2n) is 4.72. The monoisotopic (exact) mass is 245 g/mol. The lowest BCUT2D eigenvalue weighted by molar-refractivity contribution is -0.122. The maximum atomic E-state index is 11.8. The molecule has 18 heavy (non-hydrogen) atoms. The summed E-state index contributed by atoms with van der Waals surface area (Å²) in [5.74, 6) is 0.0284. The van der Waals surface area contributed by atoms with Gasteiger partial charge in [-0.15, -0.1) is 0 Å². The molecule has 0 aliphatic rings. The van der Waals surface area contributed by atoms with E-state index in [9.17, 15) is 4.79 Å². The molecule has 0 spiro atoms. The van der Waals surface area contributed by atoms with Gasteiger partial charge in [-0.1, -0.05) is 12.1 Å². The van der Waals surface area contributed by atoms with E-state index in [1.807, 2.05) is 48.9 Å². The van der Waals surface area contributed by atoms with Crippen molar-refractivity contribution in [3.63, 3.8) is 0 Å². The molecule has 4 nitrogen and oxygen atoms in total. The van der Waals surface area contributed by atoms with Crippen LogP contribution >= 0.6 is 0 Å². The van der Waals surface area contributed by atoms with Gasteiger partial charge in [-0.05, 0) is 31.5 Å². The van der Waals surface area contributed by atoms with Gasteiger partial charge in [0.05, 0.1) is 0 Å². The van der Waals surface area contributed by atoms with Crippen LogP contribution in [0, 0.1) is 0 Å². The van der Waals surface area contributed by atoms with Crippen LogP contribution in [0.4, 0.5) is 0 Å². The van der Waals surface area contributed by atoms with Crippen LogP contribution in [0.1, 0.15) is 19.4 Å². The van der Waals surface area contributed by atoms with Gasteiger partial charge < -0.3 is 15.6 Å². The van der Waals surface area contributed by atoms with Gasteiger partial charge in [0, 0.05) is 29.7 Å². The number of carbonyl (C=O) groups is 1. The molecule has 0 radical (unpaired) electrons. The van der Waals surface area contributed by atoms with Gasteiger partial charge in [-0.25, -0.2) is 0 Å². The SMILES string of the molecule is CC(C)NC(=O)Cn1ccc2c(CN)cccc21. The Hall–Kier alpha value is -1.81. The Morgan fingerprint density at radius 1 is 1.39 bits per heavy atom. The highest BCUT2D eigenvalue weighted by molar-refractivity contribution is 5.85. The zero-order valence-electron chi connectivity index (χ0n) is 10.8. The lowest BCUT2D eigenvalue weighted by Gasteiger charge is -2.10. The topological polar surface area (TPSA) is 60.0 Å². The third-order valence-electron chi connectivity index (χ3n) is 2.89. The molecule has 0 aliphatic carbocycles. The summed E-state index contributed by atoms with van der Waals surface area (Å²) in [5.41, 5.74) is 7.86. The van der Waals surface area contributed by atoms with Gasteiger partial charge in [-0.3, -0.25) is 4.79 Å². The second-order valence-corrected chi connectivity index (χ2v) is 4.72. The molecule has 3 N–H and O–H groups in total. The molecule has 0 atom stereocenters. The number of aromatic nitrogens is 1. The van der Waals surface area contributed by atoms with Crippen LogP contribution < -0.4 is 11.1 Å². The number of hydrogen-bond donors (Lipinski definition) is 2. The van der Waals surface area contributed by atoms with Crippen molar-refractivity contribution in [2.75, 3.05) is 0 Å². The predicted molar refractivity (Wildman–Crippen MR) is 73.1 cm³/mol. The standard InChI is InChI=1S/C14H19N3O/c1-10(2)16-14(18)9-17-7-6-12-11(8-15)4-3-5-13(12)17/h3-7,10H,8-9,15H2,1-2H3,(H,16,18). The molecule has 0 fully saturated rings. The lowest BCUT2D eigenvalue weighted by Crippen LogP contribution is -2.32. The van der Waals surface area contributed by atoms with Crippen molar-refractivity contribution in [2.24, 2.45) is 5.73 Å². The molecule has 0 aliphatic heterocycles. The average Bonchev–Trinajstić information content (AvgIpc) is 2.71. The number of rotatable bonds is 4. The number of benzene rings is 1. The number of hydrogen-bond acceptors (Lipinski definition) is 2. The molecule has 4 heteroatoms. The van der Waals surface area contributed by atoms with E-state index >= 15 is 0 Å². The summed E-state index contributed by atoms with van der Waals surface area (Å²) in [7, 11) is 0. The summed E-state index contributed by atoms with van der Waals surface area (Å²) in [5, 5.41) is 4.01. The second kappa shape index (κ2) is 5.23. The van der Waals surface area contributed by atoms with Crippen LogP contribution in [0.5, 0.6) is 0 Å². The summed E-state index contributed by atoms with van der Waals surface area (Å²) < 4.78 is 1.95. The molecule has 0 bridgehead atoms. The minimum absolute atomic E-state index is 0.0284. The van der Waals surface area contributed by atoms with E-state index < -0.39 is 0 Å². The molecular weight excluding hydrogens is 226 g/mol. The van der Waals surface area contributed by atoms with Crippen molar-refractivity contribution in [2.45, 2.75) is 33.0 Å². The van der Waals surface area contributed by atoms with Crippen LogP contribution in [0.15, 0.2) is 30.5 Å². The highest BCUT2D eigenvalue weighted by Crippen LogP contribution is 2.19. The fraction of sp³-hybridized carbons (Fsp3) is 0.357. The van der Waals surface area contributed by atoms with Crippen molar-refractivity contribution in [3.8, 4) is 0 Å². The first-order valence-electron chi connectivity index (χ1n) is 6.18. The number of nitrogens with two attached hydrogens (primary N) is 1. The van der Waals surface area contributed by atoms with E-state index in [1.54, 1.807) is 0 Å². The van der Waals surface area contributed by atoms with Crippen molar-refractivity contribution in [3.05, 3.63) is 36.0 Å². The van der Waals surface area contributed by atoms with Crippen LogP contribution in [-0.2, 0) is 17.9 Å².